The van der Waals surface area contributed by atoms with Gasteiger partial charge in [-0.05, 0) is 37.1 Å². The summed E-state index contributed by atoms with van der Waals surface area (Å²) in [5.41, 5.74) is 3.72. The molecule has 28 heavy (non-hydrogen) atoms. The Balaban J connectivity index is 1.65. The van der Waals surface area contributed by atoms with Gasteiger partial charge in [0.25, 0.3) is 0 Å². The first-order valence-electron chi connectivity index (χ1n) is 10.4. The molecule has 0 saturated heterocycles. The number of hydrogen-bond donors (Lipinski definition) is 1. The van der Waals surface area contributed by atoms with Gasteiger partial charge in [-0.3, -0.25) is 4.79 Å². The number of anilines is 1. The number of nitrogens with one attached hydrogen (secondary N) is 1. The van der Waals surface area contributed by atoms with Crippen LogP contribution in [0.2, 0.25) is 0 Å². The molecule has 1 heterocycles. The first-order chi connectivity index (χ1) is 13.7. The lowest BCUT2D eigenvalue weighted by Gasteiger charge is -2.08. The molecule has 148 valence electrons. The summed E-state index contributed by atoms with van der Waals surface area (Å²) in [5.74, 6) is 0. The molecule has 2 aliphatic rings. The Kier molecular flexibility index (Phi) is 7.61. The van der Waals surface area contributed by atoms with Crippen molar-refractivity contribution >= 4 is 33.3 Å². The summed E-state index contributed by atoms with van der Waals surface area (Å²) >= 11 is 1.62. The minimum absolute atomic E-state index is 0.0745. The molecule has 1 aromatic carbocycles. The molecular weight excluding hydrogens is 364 g/mol. The molecule has 0 radical (unpaired) electrons. The largest absolute Gasteiger partial charge is 0.388 e. The molecule has 1 aliphatic heterocycles. The number of rotatable bonds is 10. The Bertz CT molecular complexity index is 961. The van der Waals surface area contributed by atoms with Crippen LogP contribution in [0.15, 0.2) is 41.2 Å². The Morgan fingerprint density at radius 2 is 1.82 bits per heavy atom. The van der Waals surface area contributed by atoms with Crippen molar-refractivity contribution in [2.75, 3.05) is 12.4 Å². The average molecular weight is 395 g/mol. The van der Waals surface area contributed by atoms with Gasteiger partial charge in [-0.25, -0.2) is 4.98 Å². The van der Waals surface area contributed by atoms with Crippen molar-refractivity contribution in [2.24, 2.45) is 0 Å². The summed E-state index contributed by atoms with van der Waals surface area (Å²) in [6, 6.07) is 9.79. The molecule has 0 fully saturated rings. The normalized spacial score (nSPS) is 11.6. The Labute approximate surface area is 171 Å². The first kappa shape index (κ1) is 20.5. The number of hydrogen-bond acceptors (Lipinski definition) is 4. The first-order valence-corrected chi connectivity index (χ1v) is 11.3. The summed E-state index contributed by atoms with van der Waals surface area (Å²) in [6.07, 6.45) is 14.3. The van der Waals surface area contributed by atoms with Gasteiger partial charge in [0.2, 0.25) is 0 Å². The van der Waals surface area contributed by atoms with Crippen LogP contribution in [0.5, 0.6) is 0 Å². The molecule has 0 amide bonds. The minimum atomic E-state index is 0.0745. The fourth-order valence-corrected chi connectivity index (χ4v) is 4.40. The third-order valence-electron chi connectivity index (χ3n) is 5.07. The SMILES string of the molecule is CCCCCCCCC/C=C/c1cc2nc3ccc(NC)cc3sc-2cc1=O. The lowest BCUT2D eigenvalue weighted by Crippen LogP contribution is -2.05. The van der Waals surface area contributed by atoms with Gasteiger partial charge in [-0.1, -0.05) is 57.6 Å². The zero-order valence-corrected chi connectivity index (χ0v) is 17.8. The van der Waals surface area contributed by atoms with E-state index in [1.165, 1.54) is 44.9 Å². The monoisotopic (exact) mass is 394 g/mol. The van der Waals surface area contributed by atoms with E-state index in [0.717, 1.165) is 38.5 Å². The molecule has 3 nitrogen and oxygen atoms in total. The van der Waals surface area contributed by atoms with Crippen molar-refractivity contribution in [1.29, 1.82) is 0 Å². The lowest BCUT2D eigenvalue weighted by atomic mass is 10.1. The molecule has 3 rings (SSSR count). The molecule has 0 bridgehead atoms. The van der Waals surface area contributed by atoms with Crippen molar-refractivity contribution < 1.29 is 0 Å². The summed E-state index contributed by atoms with van der Waals surface area (Å²) in [5, 5.41) is 3.15. The predicted octanol–water partition coefficient (Wildman–Crippen LogP) is 6.96. The number of allylic oxidation sites excluding steroid dienone is 1. The highest BCUT2D eigenvalue weighted by molar-refractivity contribution is 7.21. The molecule has 0 saturated carbocycles. The van der Waals surface area contributed by atoms with Gasteiger partial charge in [0.05, 0.1) is 20.8 Å². The number of fused-ring (bicyclic) bond motifs is 2. The second-order valence-electron chi connectivity index (χ2n) is 7.32. The maximum absolute atomic E-state index is 12.5. The quantitative estimate of drug-likeness (QED) is 0.298. The number of benzene rings is 2. The number of unbranched alkanes of at least 4 members (excludes halogenated alkanes) is 7. The van der Waals surface area contributed by atoms with Crippen LogP contribution in [0.1, 0.15) is 63.9 Å². The summed E-state index contributed by atoms with van der Waals surface area (Å²) in [6.45, 7) is 2.25. The second kappa shape index (κ2) is 10.4. The van der Waals surface area contributed by atoms with Crippen molar-refractivity contribution in [3.63, 3.8) is 0 Å². The lowest BCUT2D eigenvalue weighted by molar-refractivity contribution is 0.592. The number of nitrogens with zero attached hydrogens (tertiary/aromatic N) is 1. The fourth-order valence-electron chi connectivity index (χ4n) is 3.39. The van der Waals surface area contributed by atoms with E-state index in [-0.39, 0.29) is 5.43 Å². The molecule has 0 atom stereocenters. The summed E-state index contributed by atoms with van der Waals surface area (Å²) in [7, 11) is 1.90. The molecule has 4 heteroatoms. The molecular formula is C24H30N2OS. The molecule has 1 N–H and O–H groups in total. The van der Waals surface area contributed by atoms with Gasteiger partial charge in [0.15, 0.2) is 5.43 Å². The van der Waals surface area contributed by atoms with Crippen LogP contribution in [0.25, 0.3) is 26.9 Å². The second-order valence-corrected chi connectivity index (χ2v) is 8.40. The highest BCUT2D eigenvalue weighted by Gasteiger charge is 2.10. The molecule has 0 unspecified atom stereocenters. The van der Waals surface area contributed by atoms with E-state index in [1.54, 1.807) is 17.4 Å². The van der Waals surface area contributed by atoms with Gasteiger partial charge in [-0.2, -0.15) is 0 Å². The molecule has 0 spiro atoms. The Morgan fingerprint density at radius 3 is 2.61 bits per heavy atom. The highest BCUT2D eigenvalue weighted by Crippen LogP contribution is 2.31. The predicted molar refractivity (Wildman–Crippen MR) is 124 cm³/mol. The van der Waals surface area contributed by atoms with E-state index in [1.807, 2.05) is 31.3 Å². The van der Waals surface area contributed by atoms with Gasteiger partial charge < -0.3 is 5.32 Å². The topological polar surface area (TPSA) is 42.0 Å². The Hall–Kier alpha value is -2.20. The van der Waals surface area contributed by atoms with Crippen LogP contribution < -0.4 is 10.7 Å². The summed E-state index contributed by atoms with van der Waals surface area (Å²) < 4.78 is 1.08. The zero-order valence-electron chi connectivity index (χ0n) is 17.0. The van der Waals surface area contributed by atoms with Crippen LogP contribution in [-0.4, -0.2) is 12.0 Å². The van der Waals surface area contributed by atoms with Crippen molar-refractivity contribution in [1.82, 2.24) is 4.98 Å². The van der Waals surface area contributed by atoms with Crippen molar-refractivity contribution in [2.45, 2.75) is 58.3 Å². The standard InChI is InChI=1S/C24H30N2OS/c1-3-4-5-6-7-8-9-10-11-12-18-15-21-24(17-22(18)27)28-23-16-19(25-2)13-14-20(23)26-21/h11-17,25H,3-10H2,1-2H3/b12-11+. The van der Waals surface area contributed by atoms with E-state index >= 15 is 0 Å². The van der Waals surface area contributed by atoms with Crippen molar-refractivity contribution in [3.8, 4) is 10.6 Å². The average Bonchev–Trinajstić information content (AvgIpc) is 2.71. The van der Waals surface area contributed by atoms with Gasteiger partial charge in [0.1, 0.15) is 0 Å². The third-order valence-corrected chi connectivity index (χ3v) is 6.17. The Morgan fingerprint density at radius 1 is 1.04 bits per heavy atom. The van der Waals surface area contributed by atoms with Crippen molar-refractivity contribution in [3.05, 3.63) is 52.2 Å². The van der Waals surface area contributed by atoms with E-state index < -0.39 is 0 Å². The molecule has 1 aliphatic carbocycles. The van der Waals surface area contributed by atoms with E-state index in [2.05, 4.69) is 24.4 Å². The van der Waals surface area contributed by atoms with E-state index in [0.29, 0.717) is 0 Å². The highest BCUT2D eigenvalue weighted by atomic mass is 32.1. The molecule has 1 aromatic rings. The zero-order chi connectivity index (χ0) is 19.8. The maximum atomic E-state index is 12.5. The van der Waals surface area contributed by atoms with Crippen LogP contribution in [-0.2, 0) is 0 Å². The minimum Gasteiger partial charge on any atom is -0.388 e. The maximum Gasteiger partial charge on any atom is 0.187 e. The van der Waals surface area contributed by atoms with E-state index in [4.69, 9.17) is 4.98 Å². The van der Waals surface area contributed by atoms with Crippen LogP contribution in [0.3, 0.4) is 0 Å². The van der Waals surface area contributed by atoms with Gasteiger partial charge in [0, 0.05) is 24.4 Å². The number of aromatic nitrogens is 1. The summed E-state index contributed by atoms with van der Waals surface area (Å²) in [4.78, 5) is 18.2. The molecule has 0 aromatic heterocycles. The van der Waals surface area contributed by atoms with Gasteiger partial charge in [-0.15, -0.1) is 11.3 Å². The van der Waals surface area contributed by atoms with Crippen LogP contribution in [0, 0.1) is 0 Å². The van der Waals surface area contributed by atoms with Crippen LogP contribution in [0.4, 0.5) is 5.69 Å². The smallest absolute Gasteiger partial charge is 0.187 e. The van der Waals surface area contributed by atoms with Gasteiger partial charge >= 0.3 is 0 Å². The third kappa shape index (κ3) is 5.41. The van der Waals surface area contributed by atoms with Crippen LogP contribution >= 0.6 is 11.3 Å². The van der Waals surface area contributed by atoms with E-state index in [9.17, 15) is 4.79 Å². The fraction of sp³-hybridized carbons (Fsp3) is 0.417.